The first-order chi connectivity index (χ1) is 7.41. The molecule has 0 bridgehead atoms. The van der Waals surface area contributed by atoms with Crippen molar-refractivity contribution < 1.29 is 4.74 Å². The van der Waals surface area contributed by atoms with Crippen LogP contribution in [0.2, 0.25) is 0 Å². The van der Waals surface area contributed by atoms with Gasteiger partial charge in [-0.25, -0.2) is 0 Å². The topological polar surface area (TPSA) is 49.9 Å². The molecule has 4 heteroatoms. The number of nitrogens with zero attached hydrogens (tertiary/aromatic N) is 1. The molecule has 2 N–H and O–H groups in total. The van der Waals surface area contributed by atoms with Crippen molar-refractivity contribution in [2.24, 2.45) is 0 Å². The zero-order valence-corrected chi connectivity index (χ0v) is 8.88. The summed E-state index contributed by atoms with van der Waals surface area (Å²) in [5.74, 6) is 0. The zero-order valence-electron chi connectivity index (χ0n) is 8.88. The Bertz CT molecular complexity index is 339. The molecule has 3 rings (SSSR count). The third kappa shape index (κ3) is 1.48. The van der Waals surface area contributed by atoms with Gasteiger partial charge in [0.25, 0.3) is 0 Å². The van der Waals surface area contributed by atoms with Crippen molar-refractivity contribution in [1.82, 2.24) is 15.5 Å². The number of ether oxygens (including phenoxy) is 1. The van der Waals surface area contributed by atoms with Crippen molar-refractivity contribution in [1.29, 1.82) is 0 Å². The van der Waals surface area contributed by atoms with Gasteiger partial charge < -0.3 is 10.1 Å². The van der Waals surface area contributed by atoms with Gasteiger partial charge in [0.1, 0.15) is 0 Å². The molecule has 1 fully saturated rings. The molecule has 2 aliphatic heterocycles. The first kappa shape index (κ1) is 9.36. The van der Waals surface area contributed by atoms with Crippen molar-refractivity contribution in [2.75, 3.05) is 19.8 Å². The van der Waals surface area contributed by atoms with E-state index in [1.165, 1.54) is 17.7 Å². The largest absolute Gasteiger partial charge is 0.381 e. The smallest absolute Gasteiger partial charge is 0.0535 e. The van der Waals surface area contributed by atoms with Gasteiger partial charge in [-0.15, -0.1) is 0 Å². The highest BCUT2D eigenvalue weighted by molar-refractivity contribution is 5.29. The average molecular weight is 207 g/mol. The lowest BCUT2D eigenvalue weighted by atomic mass is 9.74. The van der Waals surface area contributed by atoms with Crippen LogP contribution in [0.15, 0.2) is 6.20 Å². The summed E-state index contributed by atoms with van der Waals surface area (Å²) >= 11 is 0. The van der Waals surface area contributed by atoms with Gasteiger partial charge in [0.15, 0.2) is 0 Å². The van der Waals surface area contributed by atoms with Crippen molar-refractivity contribution in [3.63, 3.8) is 0 Å². The first-order valence-corrected chi connectivity index (χ1v) is 5.72. The molecule has 0 radical (unpaired) electrons. The molecule has 1 spiro atoms. The second-order valence-electron chi connectivity index (χ2n) is 4.62. The molecule has 1 aromatic rings. The zero-order chi connectivity index (χ0) is 10.1. The molecule has 3 heterocycles. The van der Waals surface area contributed by atoms with Crippen LogP contribution in [0, 0.1) is 0 Å². The SMILES string of the molecule is c1n[nH]c2c1CNCC21CCCOCC1. The first-order valence-electron chi connectivity index (χ1n) is 5.72. The number of fused-ring (bicyclic) bond motifs is 2. The fourth-order valence-corrected chi connectivity index (χ4v) is 2.86. The standard InChI is InChI=1S/C11H17N3O/c1-2-11(3-5-15-4-1)8-12-6-9-7-13-14-10(9)11/h7,12H,1-6,8H2,(H,13,14). The second kappa shape index (κ2) is 3.61. The van der Waals surface area contributed by atoms with Gasteiger partial charge in [0.05, 0.1) is 6.20 Å². The van der Waals surface area contributed by atoms with Crippen LogP contribution in [0.1, 0.15) is 30.5 Å². The minimum atomic E-state index is 0.251. The Morgan fingerprint density at radius 3 is 3.33 bits per heavy atom. The Hall–Kier alpha value is -0.870. The number of hydrogen-bond donors (Lipinski definition) is 2. The number of aromatic nitrogens is 2. The maximum atomic E-state index is 5.55. The van der Waals surface area contributed by atoms with E-state index in [1.807, 2.05) is 6.20 Å². The van der Waals surface area contributed by atoms with Crippen molar-refractivity contribution >= 4 is 0 Å². The highest BCUT2D eigenvalue weighted by Gasteiger charge is 2.38. The lowest BCUT2D eigenvalue weighted by Gasteiger charge is -2.36. The molecular weight excluding hydrogens is 190 g/mol. The van der Waals surface area contributed by atoms with Gasteiger partial charge >= 0.3 is 0 Å². The van der Waals surface area contributed by atoms with Gasteiger partial charge in [-0.1, -0.05) is 0 Å². The Balaban J connectivity index is 1.98. The fraction of sp³-hybridized carbons (Fsp3) is 0.727. The predicted octanol–water partition coefficient (Wildman–Crippen LogP) is 0.951. The summed E-state index contributed by atoms with van der Waals surface area (Å²) in [6.07, 6.45) is 5.42. The third-order valence-corrected chi connectivity index (χ3v) is 3.70. The van der Waals surface area contributed by atoms with E-state index >= 15 is 0 Å². The van der Waals surface area contributed by atoms with E-state index in [-0.39, 0.29) is 5.41 Å². The number of nitrogens with one attached hydrogen (secondary N) is 2. The molecule has 0 saturated carbocycles. The summed E-state index contributed by atoms with van der Waals surface area (Å²) in [7, 11) is 0. The van der Waals surface area contributed by atoms with Crippen LogP contribution < -0.4 is 5.32 Å². The summed E-state index contributed by atoms with van der Waals surface area (Å²) in [6, 6.07) is 0. The van der Waals surface area contributed by atoms with Gasteiger partial charge in [-0.3, -0.25) is 5.10 Å². The van der Waals surface area contributed by atoms with Crippen LogP contribution in [0.4, 0.5) is 0 Å². The lowest BCUT2D eigenvalue weighted by molar-refractivity contribution is 0.138. The molecular formula is C11H17N3O. The highest BCUT2D eigenvalue weighted by Crippen LogP contribution is 2.37. The minimum Gasteiger partial charge on any atom is -0.381 e. The van der Waals surface area contributed by atoms with E-state index in [2.05, 4.69) is 15.5 Å². The Morgan fingerprint density at radius 1 is 1.33 bits per heavy atom. The molecule has 4 nitrogen and oxygen atoms in total. The molecule has 1 atom stereocenters. The molecule has 0 aliphatic carbocycles. The molecule has 15 heavy (non-hydrogen) atoms. The van der Waals surface area contributed by atoms with Crippen LogP contribution in [-0.4, -0.2) is 30.0 Å². The van der Waals surface area contributed by atoms with Crippen LogP contribution in [-0.2, 0) is 16.7 Å². The monoisotopic (exact) mass is 207 g/mol. The Morgan fingerprint density at radius 2 is 2.33 bits per heavy atom. The molecule has 1 aromatic heterocycles. The average Bonchev–Trinajstić information content (AvgIpc) is 2.62. The molecule has 1 unspecified atom stereocenters. The van der Waals surface area contributed by atoms with Gasteiger partial charge in [0.2, 0.25) is 0 Å². The number of rotatable bonds is 0. The van der Waals surface area contributed by atoms with E-state index in [0.717, 1.165) is 39.1 Å². The third-order valence-electron chi connectivity index (χ3n) is 3.70. The maximum Gasteiger partial charge on any atom is 0.0535 e. The van der Waals surface area contributed by atoms with Crippen molar-refractivity contribution in [3.8, 4) is 0 Å². The highest BCUT2D eigenvalue weighted by atomic mass is 16.5. The van der Waals surface area contributed by atoms with E-state index in [1.54, 1.807) is 0 Å². The summed E-state index contributed by atoms with van der Waals surface area (Å²) in [5.41, 5.74) is 2.94. The van der Waals surface area contributed by atoms with Crippen molar-refractivity contribution in [2.45, 2.75) is 31.2 Å². The summed E-state index contributed by atoms with van der Waals surface area (Å²) < 4.78 is 5.55. The molecule has 0 amide bonds. The molecule has 82 valence electrons. The van der Waals surface area contributed by atoms with Crippen LogP contribution in [0.25, 0.3) is 0 Å². The lowest BCUT2D eigenvalue weighted by Crippen LogP contribution is -2.43. The molecule has 1 saturated heterocycles. The van der Waals surface area contributed by atoms with Gasteiger partial charge in [0, 0.05) is 43.0 Å². The summed E-state index contributed by atoms with van der Waals surface area (Å²) in [5, 5.41) is 10.9. The second-order valence-corrected chi connectivity index (χ2v) is 4.62. The predicted molar refractivity (Wildman–Crippen MR) is 56.6 cm³/mol. The van der Waals surface area contributed by atoms with Crippen LogP contribution in [0.3, 0.4) is 0 Å². The molecule has 0 aromatic carbocycles. The number of hydrogen-bond acceptors (Lipinski definition) is 3. The maximum absolute atomic E-state index is 5.55. The van der Waals surface area contributed by atoms with Gasteiger partial charge in [-0.2, -0.15) is 5.10 Å². The van der Waals surface area contributed by atoms with E-state index in [9.17, 15) is 0 Å². The van der Waals surface area contributed by atoms with Crippen LogP contribution in [0.5, 0.6) is 0 Å². The van der Waals surface area contributed by atoms with Gasteiger partial charge in [-0.05, 0) is 19.3 Å². The fourth-order valence-electron chi connectivity index (χ4n) is 2.86. The Kier molecular flexibility index (Phi) is 2.25. The van der Waals surface area contributed by atoms with Crippen molar-refractivity contribution in [3.05, 3.63) is 17.5 Å². The molecule has 2 aliphatic rings. The van der Waals surface area contributed by atoms with E-state index < -0.39 is 0 Å². The Labute approximate surface area is 89.4 Å². The number of H-pyrrole nitrogens is 1. The summed E-state index contributed by atoms with van der Waals surface area (Å²) in [6.45, 7) is 3.80. The van der Waals surface area contributed by atoms with E-state index in [0.29, 0.717) is 0 Å². The normalized spacial score (nSPS) is 31.2. The van der Waals surface area contributed by atoms with Crippen LogP contribution >= 0.6 is 0 Å². The summed E-state index contributed by atoms with van der Waals surface area (Å²) in [4.78, 5) is 0. The number of aromatic amines is 1. The quantitative estimate of drug-likeness (QED) is 0.666. The minimum absolute atomic E-state index is 0.251. The van der Waals surface area contributed by atoms with E-state index in [4.69, 9.17) is 4.74 Å².